The standard InChI is InChI=1S/C9H18N2O3/c12-7-8(13)6-10-9(14)11-4-2-1-3-5-11/h8,12-13H,1-7H2,(H,10,14). The highest BCUT2D eigenvalue weighted by Crippen LogP contribution is 2.08. The van der Waals surface area contributed by atoms with Gasteiger partial charge in [-0.1, -0.05) is 0 Å². The molecule has 2 amide bonds. The molecule has 0 saturated carbocycles. The van der Waals surface area contributed by atoms with Gasteiger partial charge in [-0.2, -0.15) is 0 Å². The van der Waals surface area contributed by atoms with Gasteiger partial charge in [0.05, 0.1) is 12.7 Å². The number of urea groups is 1. The van der Waals surface area contributed by atoms with Gasteiger partial charge in [0.25, 0.3) is 0 Å². The predicted molar refractivity (Wildman–Crippen MR) is 51.9 cm³/mol. The second kappa shape index (κ2) is 5.82. The summed E-state index contributed by atoms with van der Waals surface area (Å²) in [6.45, 7) is 1.38. The van der Waals surface area contributed by atoms with E-state index in [9.17, 15) is 4.79 Å². The van der Waals surface area contributed by atoms with E-state index < -0.39 is 6.10 Å². The third-order valence-corrected chi connectivity index (χ3v) is 2.34. The molecule has 1 aliphatic heterocycles. The van der Waals surface area contributed by atoms with Crippen molar-refractivity contribution in [3.63, 3.8) is 0 Å². The molecule has 0 bridgehead atoms. The van der Waals surface area contributed by atoms with Gasteiger partial charge in [-0.25, -0.2) is 4.79 Å². The number of amides is 2. The lowest BCUT2D eigenvalue weighted by molar-refractivity contribution is 0.0934. The molecule has 14 heavy (non-hydrogen) atoms. The summed E-state index contributed by atoms with van der Waals surface area (Å²) in [7, 11) is 0. The number of nitrogens with zero attached hydrogens (tertiary/aromatic N) is 1. The highest BCUT2D eigenvalue weighted by molar-refractivity contribution is 5.74. The fraction of sp³-hybridized carbons (Fsp3) is 0.889. The third-order valence-electron chi connectivity index (χ3n) is 2.34. The lowest BCUT2D eigenvalue weighted by Crippen LogP contribution is -2.45. The van der Waals surface area contributed by atoms with Crippen molar-refractivity contribution in [2.45, 2.75) is 25.4 Å². The van der Waals surface area contributed by atoms with E-state index in [1.807, 2.05) is 0 Å². The highest BCUT2D eigenvalue weighted by Gasteiger charge is 2.16. The first-order chi connectivity index (χ1) is 6.74. The Bertz CT molecular complexity index is 181. The molecule has 0 radical (unpaired) electrons. The van der Waals surface area contributed by atoms with E-state index in [2.05, 4.69) is 5.32 Å². The Balaban J connectivity index is 2.19. The Morgan fingerprint density at radius 1 is 1.36 bits per heavy atom. The van der Waals surface area contributed by atoms with Gasteiger partial charge in [-0.05, 0) is 19.3 Å². The average Bonchev–Trinajstić information content (AvgIpc) is 2.26. The van der Waals surface area contributed by atoms with Gasteiger partial charge in [0, 0.05) is 19.6 Å². The number of aliphatic hydroxyl groups excluding tert-OH is 2. The van der Waals surface area contributed by atoms with Gasteiger partial charge < -0.3 is 20.4 Å². The zero-order valence-corrected chi connectivity index (χ0v) is 8.28. The van der Waals surface area contributed by atoms with Crippen molar-refractivity contribution in [3.8, 4) is 0 Å². The molecule has 5 nitrogen and oxygen atoms in total. The molecule has 0 aromatic heterocycles. The number of piperidine rings is 1. The molecule has 1 fully saturated rings. The molecular formula is C9H18N2O3. The maximum atomic E-state index is 11.4. The summed E-state index contributed by atoms with van der Waals surface area (Å²) < 4.78 is 0. The minimum atomic E-state index is -0.858. The van der Waals surface area contributed by atoms with E-state index >= 15 is 0 Å². The van der Waals surface area contributed by atoms with Crippen LogP contribution in [0.25, 0.3) is 0 Å². The molecule has 3 N–H and O–H groups in total. The fourth-order valence-electron chi connectivity index (χ4n) is 1.48. The maximum Gasteiger partial charge on any atom is 0.317 e. The Kier molecular flexibility index (Phi) is 4.69. The van der Waals surface area contributed by atoms with E-state index in [4.69, 9.17) is 10.2 Å². The largest absolute Gasteiger partial charge is 0.394 e. The van der Waals surface area contributed by atoms with Gasteiger partial charge >= 0.3 is 6.03 Å². The lowest BCUT2D eigenvalue weighted by Gasteiger charge is -2.27. The number of carbonyl (C=O) groups is 1. The van der Waals surface area contributed by atoms with Crippen LogP contribution in [-0.2, 0) is 0 Å². The molecule has 1 unspecified atom stereocenters. The van der Waals surface area contributed by atoms with Crippen molar-refractivity contribution in [1.82, 2.24) is 10.2 Å². The summed E-state index contributed by atoms with van der Waals surface area (Å²) in [5.41, 5.74) is 0. The van der Waals surface area contributed by atoms with Gasteiger partial charge in [0.15, 0.2) is 0 Å². The van der Waals surface area contributed by atoms with Crippen molar-refractivity contribution in [3.05, 3.63) is 0 Å². The fourth-order valence-corrected chi connectivity index (χ4v) is 1.48. The molecule has 1 heterocycles. The number of carbonyl (C=O) groups excluding carboxylic acids is 1. The maximum absolute atomic E-state index is 11.4. The highest BCUT2D eigenvalue weighted by atomic mass is 16.3. The molecule has 1 atom stereocenters. The Morgan fingerprint density at radius 2 is 2.00 bits per heavy atom. The van der Waals surface area contributed by atoms with Gasteiger partial charge in [-0.15, -0.1) is 0 Å². The first-order valence-corrected chi connectivity index (χ1v) is 5.05. The normalized spacial score (nSPS) is 19.1. The van der Waals surface area contributed by atoms with E-state index in [0.717, 1.165) is 25.9 Å². The molecule has 0 aromatic rings. The molecule has 0 aromatic carbocycles. The van der Waals surface area contributed by atoms with Crippen LogP contribution in [0.2, 0.25) is 0 Å². The van der Waals surface area contributed by atoms with Crippen LogP contribution in [-0.4, -0.2) is 53.5 Å². The van der Waals surface area contributed by atoms with Gasteiger partial charge in [0.2, 0.25) is 0 Å². The summed E-state index contributed by atoms with van der Waals surface area (Å²) in [6, 6.07) is -0.141. The monoisotopic (exact) mass is 202 g/mol. The van der Waals surface area contributed by atoms with Crippen LogP contribution in [0.4, 0.5) is 4.79 Å². The van der Waals surface area contributed by atoms with Crippen LogP contribution in [0.5, 0.6) is 0 Å². The Labute approximate surface area is 83.7 Å². The lowest BCUT2D eigenvalue weighted by atomic mass is 10.1. The van der Waals surface area contributed by atoms with Crippen molar-refractivity contribution in [2.24, 2.45) is 0 Å². The zero-order chi connectivity index (χ0) is 10.4. The molecule has 1 rings (SSSR count). The smallest absolute Gasteiger partial charge is 0.317 e. The van der Waals surface area contributed by atoms with Crippen LogP contribution >= 0.6 is 0 Å². The molecule has 82 valence electrons. The number of likely N-dealkylation sites (tertiary alicyclic amines) is 1. The SMILES string of the molecule is O=C(NCC(O)CO)N1CCCCC1. The first-order valence-electron chi connectivity index (χ1n) is 5.05. The predicted octanol–water partition coefficient (Wildman–Crippen LogP) is -0.465. The average molecular weight is 202 g/mol. The van der Waals surface area contributed by atoms with Crippen LogP contribution < -0.4 is 5.32 Å². The third kappa shape index (κ3) is 3.51. The summed E-state index contributed by atoms with van der Waals surface area (Å²) >= 11 is 0. The van der Waals surface area contributed by atoms with E-state index in [1.54, 1.807) is 4.90 Å². The molecular weight excluding hydrogens is 184 g/mol. The molecule has 5 heteroatoms. The summed E-state index contributed by atoms with van der Waals surface area (Å²) in [4.78, 5) is 13.2. The second-order valence-electron chi connectivity index (χ2n) is 3.57. The molecule has 1 saturated heterocycles. The van der Waals surface area contributed by atoms with Gasteiger partial charge in [0.1, 0.15) is 0 Å². The number of nitrogens with one attached hydrogen (secondary N) is 1. The number of hydrogen-bond donors (Lipinski definition) is 3. The second-order valence-corrected chi connectivity index (χ2v) is 3.57. The molecule has 0 spiro atoms. The number of hydrogen-bond acceptors (Lipinski definition) is 3. The van der Waals surface area contributed by atoms with Crippen molar-refractivity contribution in [1.29, 1.82) is 0 Å². The summed E-state index contributed by atoms with van der Waals surface area (Å²) in [5, 5.41) is 20.1. The van der Waals surface area contributed by atoms with Crippen LogP contribution in [0.1, 0.15) is 19.3 Å². The Hall–Kier alpha value is -0.810. The van der Waals surface area contributed by atoms with E-state index in [1.165, 1.54) is 6.42 Å². The van der Waals surface area contributed by atoms with Crippen molar-refractivity contribution in [2.75, 3.05) is 26.2 Å². The van der Waals surface area contributed by atoms with Crippen LogP contribution in [0, 0.1) is 0 Å². The number of aliphatic hydroxyl groups is 2. The minimum Gasteiger partial charge on any atom is -0.394 e. The quantitative estimate of drug-likeness (QED) is 0.579. The van der Waals surface area contributed by atoms with E-state index in [-0.39, 0.29) is 19.2 Å². The molecule has 0 aliphatic carbocycles. The minimum absolute atomic E-state index is 0.117. The van der Waals surface area contributed by atoms with E-state index in [0.29, 0.717) is 0 Å². The zero-order valence-electron chi connectivity index (χ0n) is 8.28. The van der Waals surface area contributed by atoms with Crippen LogP contribution in [0.3, 0.4) is 0 Å². The summed E-state index contributed by atoms with van der Waals surface area (Å²) in [5.74, 6) is 0. The summed E-state index contributed by atoms with van der Waals surface area (Å²) in [6.07, 6.45) is 2.43. The van der Waals surface area contributed by atoms with Gasteiger partial charge in [-0.3, -0.25) is 0 Å². The number of rotatable bonds is 3. The molecule has 1 aliphatic rings. The topological polar surface area (TPSA) is 72.8 Å². The van der Waals surface area contributed by atoms with Crippen molar-refractivity contribution < 1.29 is 15.0 Å². The first kappa shape index (κ1) is 11.3. The Morgan fingerprint density at radius 3 is 2.57 bits per heavy atom. The van der Waals surface area contributed by atoms with Crippen LogP contribution in [0.15, 0.2) is 0 Å². The van der Waals surface area contributed by atoms with Crippen molar-refractivity contribution >= 4 is 6.03 Å².